The highest BCUT2D eigenvalue weighted by molar-refractivity contribution is 8.00. The van der Waals surface area contributed by atoms with E-state index in [2.05, 4.69) is 249 Å². The average molecular weight is 1810 g/mol. The molecule has 0 aromatic rings. The number of carbonyl (C=O) groups excluding carboxylic acids is 1. The first-order chi connectivity index (χ1) is 59.7. The van der Waals surface area contributed by atoms with Crippen molar-refractivity contribution in [1.29, 1.82) is 0 Å². The summed E-state index contributed by atoms with van der Waals surface area (Å²) in [6.45, 7) is 103. The van der Waals surface area contributed by atoms with Gasteiger partial charge in [-0.15, -0.1) is 0 Å². The molecule has 9 aliphatic heterocycles. The third kappa shape index (κ3) is 75.8. The van der Waals surface area contributed by atoms with Gasteiger partial charge in [-0.3, -0.25) is 13.9 Å². The number of piperazine rings is 2. The van der Waals surface area contributed by atoms with Gasteiger partial charge < -0.3 is 49.0 Å². The van der Waals surface area contributed by atoms with Crippen molar-refractivity contribution in [2.24, 2.45) is 80.8 Å². The molecule has 127 heavy (non-hydrogen) atoms. The summed E-state index contributed by atoms with van der Waals surface area (Å²) >= 11 is 0. The van der Waals surface area contributed by atoms with Crippen LogP contribution in [0.3, 0.4) is 0 Å². The van der Waals surface area contributed by atoms with Gasteiger partial charge in [0.1, 0.15) is 0 Å². The van der Waals surface area contributed by atoms with E-state index in [1.165, 1.54) is 388 Å². The van der Waals surface area contributed by atoms with Crippen LogP contribution in [0.25, 0.3) is 0 Å². The predicted molar refractivity (Wildman–Crippen MR) is 572 cm³/mol. The van der Waals surface area contributed by atoms with Crippen molar-refractivity contribution < 1.29 is 9.00 Å². The number of likely N-dealkylation sites (tertiary alicyclic amines) is 6. The van der Waals surface area contributed by atoms with Gasteiger partial charge in [0.25, 0.3) is 0 Å². The normalized spacial score (nSPS) is 21.5. The molecule has 10 rings (SSSR count). The number of rotatable bonds is 38. The Kier molecular flexibility index (Phi) is 70.8. The third-order valence-electron chi connectivity index (χ3n) is 29.0. The molecule has 10 aliphatic rings. The summed E-state index contributed by atoms with van der Waals surface area (Å²) < 4.78 is 11.6. The van der Waals surface area contributed by atoms with Gasteiger partial charge in [-0.05, 0) is 453 Å². The van der Waals surface area contributed by atoms with E-state index in [1.54, 1.807) is 6.92 Å². The van der Waals surface area contributed by atoms with Crippen LogP contribution < -0.4 is 0 Å². The molecule has 0 aromatic heterocycles. The van der Waals surface area contributed by atoms with Crippen molar-refractivity contribution in [2.45, 2.75) is 419 Å². The highest BCUT2D eigenvalue weighted by Gasteiger charge is 2.37. The van der Waals surface area contributed by atoms with Crippen LogP contribution in [0.5, 0.6) is 0 Å². The van der Waals surface area contributed by atoms with Crippen molar-refractivity contribution >= 4 is 21.3 Å². The zero-order valence-corrected chi connectivity index (χ0v) is 93.0. The average Bonchev–Trinajstić information content (AvgIpc) is 1.70. The summed E-state index contributed by atoms with van der Waals surface area (Å²) in [5, 5.41) is 0. The monoisotopic (exact) mass is 1810 g/mol. The molecule has 760 valence electrons. The summed E-state index contributed by atoms with van der Waals surface area (Å²) in [6.07, 6.45) is 48.9. The lowest BCUT2D eigenvalue weighted by molar-refractivity contribution is -0.130. The zero-order chi connectivity index (χ0) is 95.3. The maximum Gasteiger partial charge on any atom is 0.219 e. The summed E-state index contributed by atoms with van der Waals surface area (Å²) in [5.74, 6) is 14.2. The maximum absolute atomic E-state index is 11.6. The van der Waals surface area contributed by atoms with E-state index in [-0.39, 0.29) is 5.91 Å². The Morgan fingerprint density at radius 2 is 0.449 bits per heavy atom. The standard InChI is InChI=1S/3C13H27N.C12H24N2O.C11H24N2.C11H23NOS.2C11H23N.C10H21N.C8H16/c3*1-12(2)6-5-9-14-10-7-13(3,4)8-11-14;1-11(2)5-4-6-13-7-9-14(10-8-13)12(3)15;1-11(2)5-4-6-13-9-7-12(3)8-10-13;1-11(2)5-4-6-12-7-9-14(3,13)10-8-12;2*1-11(2)7-6-10-12-8-4-3-5-9-12;1-10(2)6-5-9-11-7-3-4-8-11;1-7(2)6-8(3)4-5-8/h3*12H,5-11H2,1-4H3;11H,4-10H2,1-3H3;11H,4-10H2,1-3H3;11H,3-10H2,1-2H3;2*11H,3-10H2,1-2H3;10H,3-9H2,1-2H3;7H,4-6H2,1-3H3. The molecule has 1 amide bonds. The molecule has 0 radical (unpaired) electrons. The Morgan fingerprint density at radius 3 is 0.638 bits per heavy atom. The Labute approximate surface area is 800 Å². The highest BCUT2D eigenvalue weighted by atomic mass is 32.2. The van der Waals surface area contributed by atoms with Crippen molar-refractivity contribution in [3.8, 4) is 0 Å². The van der Waals surface area contributed by atoms with Crippen molar-refractivity contribution in [3.63, 3.8) is 0 Å². The van der Waals surface area contributed by atoms with E-state index in [0.29, 0.717) is 16.2 Å². The fraction of sp³-hybridized carbons (Fsp3) is 0.982. The van der Waals surface area contributed by atoms with E-state index in [9.17, 15) is 9.00 Å². The van der Waals surface area contributed by atoms with Gasteiger partial charge in [0.05, 0.1) is 0 Å². The van der Waals surface area contributed by atoms with Gasteiger partial charge in [0, 0.05) is 83.9 Å². The van der Waals surface area contributed by atoms with Crippen LogP contribution in [-0.2, 0) is 14.3 Å². The minimum absolute atomic E-state index is 0.219. The van der Waals surface area contributed by atoms with Crippen molar-refractivity contribution in [1.82, 2.24) is 53.9 Å². The van der Waals surface area contributed by atoms with Gasteiger partial charge >= 0.3 is 0 Å². The summed E-state index contributed by atoms with van der Waals surface area (Å²) in [6, 6.07) is 0. The summed E-state index contributed by atoms with van der Waals surface area (Å²) in [4.78, 5) is 38.8. The molecule has 1 saturated carbocycles. The molecular weight excluding hydrogens is 1580 g/mol. The lowest BCUT2D eigenvalue weighted by Crippen LogP contribution is -2.48. The van der Waals surface area contributed by atoms with Crippen LogP contribution in [0.2, 0.25) is 0 Å². The SMILES string of the molecule is C=S1(=O)CCN(CCCC(C)C)CC1.CC(=O)N1CCN(CCCC(C)C)CC1.CC(C)CC1(C)CC1.CC(C)CCCN1CCC(C)(C)CC1.CC(C)CCCN1CCC(C)(C)CC1.CC(C)CCCN1CCC(C)(C)CC1.CC(C)CCCN1CCCC1.CC(C)CCCN1CCCCC1.CC(C)CCCN1CCCCC1.CC(C)CCCN1CCN(C)CC1. The molecular formula is C113H235N11O2S. The number of hydrogen-bond donors (Lipinski definition) is 0. The number of carbonyl (C=O) groups is 1. The second-order valence-electron chi connectivity index (χ2n) is 49.3. The topological polar surface area (TPSA) is 69.8 Å². The Hall–Kier alpha value is -0.910. The molecule has 0 atom stereocenters. The quantitative estimate of drug-likeness (QED) is 0.0553. The van der Waals surface area contributed by atoms with Gasteiger partial charge in [0.15, 0.2) is 0 Å². The smallest absolute Gasteiger partial charge is 0.219 e. The first kappa shape index (κ1) is 124. The fourth-order valence-electron chi connectivity index (χ4n) is 18.8. The Balaban J connectivity index is 0.000000708. The van der Waals surface area contributed by atoms with E-state index >= 15 is 0 Å². The van der Waals surface area contributed by atoms with E-state index in [4.69, 9.17) is 0 Å². The molecule has 14 heteroatoms. The maximum atomic E-state index is 11.6. The molecule has 0 unspecified atom stereocenters. The minimum atomic E-state index is -1.70. The van der Waals surface area contributed by atoms with E-state index in [1.807, 2.05) is 4.90 Å². The van der Waals surface area contributed by atoms with Crippen LogP contribution in [0.15, 0.2) is 0 Å². The van der Waals surface area contributed by atoms with Crippen molar-refractivity contribution in [3.05, 3.63) is 0 Å². The summed E-state index contributed by atoms with van der Waals surface area (Å²) in [5.41, 5.74) is 2.59. The number of piperidine rings is 5. The number of likely N-dealkylation sites (N-methyl/N-ethyl adjacent to an activating group) is 1. The van der Waals surface area contributed by atoms with Crippen molar-refractivity contribution in [2.75, 3.05) is 221 Å². The Morgan fingerprint density at radius 1 is 0.260 bits per heavy atom. The largest absolute Gasteiger partial charge is 0.340 e. The molecule has 0 spiro atoms. The fourth-order valence-corrected chi connectivity index (χ4v) is 20.2. The molecule has 0 aromatic carbocycles. The van der Waals surface area contributed by atoms with Crippen LogP contribution in [-0.4, -0.2) is 291 Å². The molecule has 9 saturated heterocycles. The predicted octanol–water partition coefficient (Wildman–Crippen LogP) is 26.5. The highest BCUT2D eigenvalue weighted by Crippen LogP contribution is 2.50. The Bertz CT molecular complexity index is 2440. The van der Waals surface area contributed by atoms with Crippen LogP contribution in [0.4, 0.5) is 0 Å². The van der Waals surface area contributed by atoms with Crippen LogP contribution >= 0.6 is 0 Å². The van der Waals surface area contributed by atoms with Gasteiger partial charge in [-0.1, -0.05) is 200 Å². The number of nitrogens with zero attached hydrogens (tertiary/aromatic N) is 11. The van der Waals surface area contributed by atoms with Crippen LogP contribution in [0, 0.1) is 80.8 Å². The molecule has 10 fully saturated rings. The van der Waals surface area contributed by atoms with Gasteiger partial charge in [-0.2, -0.15) is 0 Å². The number of hydrogen-bond acceptors (Lipinski definition) is 12. The lowest BCUT2D eigenvalue weighted by Gasteiger charge is -2.37. The number of amides is 1. The van der Waals surface area contributed by atoms with E-state index < -0.39 is 9.52 Å². The third-order valence-corrected chi connectivity index (χ3v) is 30.9. The van der Waals surface area contributed by atoms with Gasteiger partial charge in [-0.25, -0.2) is 0 Å². The first-order valence-corrected chi connectivity index (χ1v) is 57.6. The molecule has 9 heterocycles. The van der Waals surface area contributed by atoms with Crippen LogP contribution in [0.1, 0.15) is 419 Å². The van der Waals surface area contributed by atoms with E-state index in [0.717, 1.165) is 115 Å². The molecule has 1 aliphatic carbocycles. The first-order valence-electron chi connectivity index (χ1n) is 55.5. The zero-order valence-electron chi connectivity index (χ0n) is 92.2. The molecule has 13 nitrogen and oxygen atoms in total. The minimum Gasteiger partial charge on any atom is -0.340 e. The van der Waals surface area contributed by atoms with Gasteiger partial charge in [0.2, 0.25) is 5.91 Å². The second-order valence-corrected chi connectivity index (χ2v) is 52.1. The lowest BCUT2D eigenvalue weighted by atomic mass is 9.82. The molecule has 0 bridgehead atoms. The summed E-state index contributed by atoms with van der Waals surface area (Å²) in [7, 11) is 0.515. The molecule has 0 N–H and O–H groups in total. The second kappa shape index (κ2) is 72.4.